The molecular formula is C22H30N2O2S. The van der Waals surface area contributed by atoms with Crippen LogP contribution in [0.2, 0.25) is 0 Å². The fourth-order valence-electron chi connectivity index (χ4n) is 3.95. The highest BCUT2D eigenvalue weighted by atomic mass is 32.2. The Bertz CT molecular complexity index is 822. The average Bonchev–Trinajstić information content (AvgIpc) is 2.74. The lowest BCUT2D eigenvalue weighted by molar-refractivity contribution is 0.0971. The summed E-state index contributed by atoms with van der Waals surface area (Å²) >= 11 is 0. The number of unbranched alkanes of at least 4 members (excludes halogenated alkanes) is 1. The van der Waals surface area contributed by atoms with Crippen LogP contribution >= 0.6 is 0 Å². The van der Waals surface area contributed by atoms with Gasteiger partial charge < -0.3 is 15.7 Å². The van der Waals surface area contributed by atoms with Gasteiger partial charge in [-0.25, -0.2) is 0 Å². The van der Waals surface area contributed by atoms with Crippen molar-refractivity contribution in [2.75, 3.05) is 30.5 Å². The summed E-state index contributed by atoms with van der Waals surface area (Å²) in [5.41, 5.74) is 9.70. The molecule has 0 aromatic heterocycles. The number of benzene rings is 2. The summed E-state index contributed by atoms with van der Waals surface area (Å²) in [6.45, 7) is 2.15. The topological polar surface area (TPSA) is 66.6 Å². The minimum atomic E-state index is -1.12. The molecule has 0 spiro atoms. The maximum Gasteiger partial charge on any atom is 0.0686 e. The van der Waals surface area contributed by atoms with E-state index in [1.54, 1.807) is 0 Å². The zero-order chi connectivity index (χ0) is 19.6. The van der Waals surface area contributed by atoms with Crippen molar-refractivity contribution in [3.63, 3.8) is 0 Å². The first kappa shape index (κ1) is 19.9. The monoisotopic (exact) mass is 386 g/mol. The first-order valence-corrected chi connectivity index (χ1v) is 11.0. The number of aliphatic hydroxyl groups is 1. The highest BCUT2D eigenvalue weighted by Gasteiger charge is 2.37. The van der Waals surface area contributed by atoms with Gasteiger partial charge in [0.05, 0.1) is 16.9 Å². The Morgan fingerprint density at radius 2 is 2.00 bits per heavy atom. The quantitative estimate of drug-likeness (QED) is 0.768. The van der Waals surface area contributed by atoms with Crippen molar-refractivity contribution in [2.24, 2.45) is 5.92 Å². The molecule has 3 N–H and O–H groups in total. The summed E-state index contributed by atoms with van der Waals surface area (Å²) in [7, 11) is 2.87. The Morgan fingerprint density at radius 1 is 1.22 bits per heavy atom. The zero-order valence-corrected chi connectivity index (χ0v) is 17.2. The third kappa shape index (κ3) is 4.19. The highest BCUT2D eigenvalue weighted by Crippen LogP contribution is 2.41. The highest BCUT2D eigenvalue weighted by molar-refractivity contribution is 7.85. The Morgan fingerprint density at radius 3 is 2.67 bits per heavy atom. The van der Waals surface area contributed by atoms with Crippen molar-refractivity contribution in [1.82, 2.24) is 0 Å². The molecule has 0 saturated heterocycles. The predicted molar refractivity (Wildman–Crippen MR) is 114 cm³/mol. The molecule has 27 heavy (non-hydrogen) atoms. The summed E-state index contributed by atoms with van der Waals surface area (Å²) < 4.78 is 13.1. The van der Waals surface area contributed by atoms with Crippen molar-refractivity contribution in [3.8, 4) is 0 Å². The molecule has 5 heteroatoms. The largest absolute Gasteiger partial charge is 0.399 e. The first-order chi connectivity index (χ1) is 12.9. The number of anilines is 2. The van der Waals surface area contributed by atoms with E-state index in [0.29, 0.717) is 11.4 Å². The molecular weight excluding hydrogens is 356 g/mol. The van der Waals surface area contributed by atoms with Crippen LogP contribution in [-0.4, -0.2) is 35.3 Å². The van der Waals surface area contributed by atoms with E-state index in [2.05, 4.69) is 13.0 Å². The third-order valence-corrected chi connectivity index (χ3v) is 7.07. The van der Waals surface area contributed by atoms with Crippen molar-refractivity contribution in [3.05, 3.63) is 53.6 Å². The van der Waals surface area contributed by atoms with Crippen molar-refractivity contribution >= 4 is 22.2 Å². The molecule has 4 unspecified atom stereocenters. The van der Waals surface area contributed by atoms with Crippen LogP contribution in [0.5, 0.6) is 0 Å². The number of nitrogens with two attached hydrogens (primary N) is 1. The molecule has 1 aliphatic heterocycles. The summed E-state index contributed by atoms with van der Waals surface area (Å²) in [6.07, 6.45) is 2.40. The lowest BCUT2D eigenvalue weighted by atomic mass is 9.80. The first-order valence-electron chi connectivity index (χ1n) is 9.65. The van der Waals surface area contributed by atoms with Crippen LogP contribution in [0.1, 0.15) is 43.2 Å². The smallest absolute Gasteiger partial charge is 0.0686 e. The predicted octanol–water partition coefficient (Wildman–Crippen LogP) is 3.76. The number of hydrogen-bond donors (Lipinski definition) is 2. The molecule has 0 bridgehead atoms. The molecule has 2 aromatic rings. The number of nitrogen functional groups attached to an aromatic ring is 1. The Kier molecular flexibility index (Phi) is 6.22. The molecule has 1 heterocycles. The molecule has 0 aliphatic carbocycles. The van der Waals surface area contributed by atoms with Gasteiger partial charge in [-0.3, -0.25) is 4.21 Å². The van der Waals surface area contributed by atoms with Crippen LogP contribution < -0.4 is 10.6 Å². The van der Waals surface area contributed by atoms with Crippen LogP contribution in [0.15, 0.2) is 47.4 Å². The van der Waals surface area contributed by atoms with Gasteiger partial charge in [0, 0.05) is 42.0 Å². The summed E-state index contributed by atoms with van der Waals surface area (Å²) in [6, 6.07) is 13.8. The van der Waals surface area contributed by atoms with E-state index in [9.17, 15) is 9.32 Å². The molecule has 4 nitrogen and oxygen atoms in total. The number of aliphatic hydroxyl groups excluding tert-OH is 1. The van der Waals surface area contributed by atoms with E-state index < -0.39 is 16.9 Å². The van der Waals surface area contributed by atoms with E-state index in [-0.39, 0.29) is 11.8 Å². The fraction of sp³-hybridized carbons (Fsp3) is 0.455. The molecule has 4 atom stereocenters. The van der Waals surface area contributed by atoms with Gasteiger partial charge in [0.1, 0.15) is 0 Å². The second kappa shape index (κ2) is 8.44. The van der Waals surface area contributed by atoms with E-state index in [0.717, 1.165) is 41.0 Å². The zero-order valence-electron chi connectivity index (χ0n) is 16.4. The van der Waals surface area contributed by atoms with Crippen LogP contribution in [0.3, 0.4) is 0 Å². The van der Waals surface area contributed by atoms with E-state index >= 15 is 0 Å². The van der Waals surface area contributed by atoms with Crippen molar-refractivity contribution in [1.29, 1.82) is 0 Å². The van der Waals surface area contributed by atoms with Gasteiger partial charge in [-0.15, -0.1) is 0 Å². The fourth-order valence-corrected chi connectivity index (χ4v) is 5.55. The van der Waals surface area contributed by atoms with E-state index in [4.69, 9.17) is 5.73 Å². The standard InChI is InChI=1S/C22H30N2O2S/c1-4-5-7-16-14-27(26)20-11-10-18(24(2)3)13-19(20)21(22(16)25)15-8-6-9-17(23)12-15/h6,8-13,16,21-22,25H,4-5,7,14,23H2,1-3H3. The number of rotatable bonds is 5. The molecule has 0 radical (unpaired) electrons. The second-order valence-corrected chi connectivity index (χ2v) is 9.13. The maximum atomic E-state index is 13.1. The number of fused-ring (bicyclic) bond motifs is 1. The van der Waals surface area contributed by atoms with Gasteiger partial charge >= 0.3 is 0 Å². The molecule has 1 aliphatic rings. The van der Waals surface area contributed by atoms with Crippen LogP contribution in [-0.2, 0) is 10.8 Å². The van der Waals surface area contributed by atoms with Crippen LogP contribution in [0.4, 0.5) is 11.4 Å². The Labute approximate surface area is 164 Å². The van der Waals surface area contributed by atoms with Gasteiger partial charge in [0.25, 0.3) is 0 Å². The summed E-state index contributed by atoms with van der Waals surface area (Å²) in [4.78, 5) is 2.87. The number of hydrogen-bond acceptors (Lipinski definition) is 4. The van der Waals surface area contributed by atoms with Gasteiger partial charge in [-0.1, -0.05) is 31.9 Å². The molecule has 0 amide bonds. The molecule has 2 aromatic carbocycles. The van der Waals surface area contributed by atoms with Crippen molar-refractivity contribution < 1.29 is 9.32 Å². The lowest BCUT2D eigenvalue weighted by Crippen LogP contribution is -2.30. The minimum absolute atomic E-state index is 0.00687. The third-order valence-electron chi connectivity index (χ3n) is 5.48. The Hall–Kier alpha value is -1.85. The molecule has 3 rings (SSSR count). The van der Waals surface area contributed by atoms with Gasteiger partial charge in [0.15, 0.2) is 0 Å². The second-order valence-electron chi connectivity index (χ2n) is 7.67. The SMILES string of the molecule is CCCCC1CS(=O)c2ccc(N(C)C)cc2C(c2cccc(N)c2)C1O. The molecule has 0 fully saturated rings. The van der Waals surface area contributed by atoms with Crippen molar-refractivity contribution in [2.45, 2.75) is 43.1 Å². The maximum absolute atomic E-state index is 13.1. The van der Waals surface area contributed by atoms with Gasteiger partial charge in [0.2, 0.25) is 0 Å². The number of nitrogens with zero attached hydrogens (tertiary/aromatic N) is 1. The van der Waals surface area contributed by atoms with E-state index in [1.165, 1.54) is 0 Å². The normalized spacial score (nSPS) is 24.9. The summed E-state index contributed by atoms with van der Waals surface area (Å²) in [5, 5.41) is 11.4. The van der Waals surface area contributed by atoms with Gasteiger partial charge in [-0.2, -0.15) is 0 Å². The lowest BCUT2D eigenvalue weighted by Gasteiger charge is -2.29. The molecule has 146 valence electrons. The molecule has 0 saturated carbocycles. The van der Waals surface area contributed by atoms with Gasteiger partial charge in [-0.05, 0) is 53.8 Å². The van der Waals surface area contributed by atoms with Crippen LogP contribution in [0.25, 0.3) is 0 Å². The van der Waals surface area contributed by atoms with Crippen LogP contribution in [0, 0.1) is 5.92 Å². The Balaban J connectivity index is 2.16. The average molecular weight is 387 g/mol. The van der Waals surface area contributed by atoms with E-state index in [1.807, 2.05) is 55.4 Å². The minimum Gasteiger partial charge on any atom is -0.399 e. The summed E-state index contributed by atoms with van der Waals surface area (Å²) in [5.74, 6) is 0.290.